The van der Waals surface area contributed by atoms with Gasteiger partial charge in [0.2, 0.25) is 0 Å². The Balaban J connectivity index is 1.24. The number of benzene rings is 3. The summed E-state index contributed by atoms with van der Waals surface area (Å²) < 4.78 is 33.7. The van der Waals surface area contributed by atoms with Crippen LogP contribution < -0.4 is 0 Å². The molecule has 38 heavy (non-hydrogen) atoms. The number of hydrogen-bond acceptors (Lipinski definition) is 4. The van der Waals surface area contributed by atoms with E-state index in [1.54, 1.807) is 6.07 Å². The van der Waals surface area contributed by atoms with Crippen molar-refractivity contribution >= 4 is 11.6 Å². The van der Waals surface area contributed by atoms with E-state index in [1.807, 2.05) is 18.2 Å². The second-order valence-corrected chi connectivity index (χ2v) is 11.2. The van der Waals surface area contributed by atoms with Crippen molar-refractivity contribution in [2.24, 2.45) is 0 Å². The fourth-order valence-electron chi connectivity index (χ4n) is 5.75. The lowest BCUT2D eigenvalue weighted by atomic mass is 9.81. The van der Waals surface area contributed by atoms with Gasteiger partial charge in [0.25, 0.3) is 0 Å². The van der Waals surface area contributed by atoms with Crippen molar-refractivity contribution in [2.75, 3.05) is 46.8 Å². The molecule has 7 heteroatoms. The lowest BCUT2D eigenvalue weighted by molar-refractivity contribution is -0.0140. The van der Waals surface area contributed by atoms with Gasteiger partial charge in [0.05, 0.1) is 11.6 Å². The molecule has 0 radical (unpaired) electrons. The number of hydrogen-bond donors (Lipinski definition) is 0. The molecule has 0 saturated carbocycles. The molecule has 3 aromatic carbocycles. The van der Waals surface area contributed by atoms with Crippen molar-refractivity contribution in [2.45, 2.75) is 38.1 Å². The van der Waals surface area contributed by atoms with Gasteiger partial charge in [-0.15, -0.1) is 0 Å². The van der Waals surface area contributed by atoms with E-state index in [1.165, 1.54) is 34.9 Å². The molecule has 1 unspecified atom stereocenters. The minimum absolute atomic E-state index is 0.183. The fourth-order valence-corrected chi connectivity index (χ4v) is 5.95. The van der Waals surface area contributed by atoms with Crippen LogP contribution in [0.5, 0.6) is 0 Å². The van der Waals surface area contributed by atoms with E-state index >= 15 is 0 Å². The average molecular weight is 540 g/mol. The molecule has 1 atom stereocenters. The molecule has 0 bridgehead atoms. The van der Waals surface area contributed by atoms with Crippen LogP contribution in [0.2, 0.25) is 5.02 Å². The van der Waals surface area contributed by atoms with Gasteiger partial charge in [0.1, 0.15) is 17.2 Å². The van der Waals surface area contributed by atoms with Crippen LogP contribution in [0, 0.1) is 11.6 Å². The van der Waals surface area contributed by atoms with Crippen LogP contribution in [0.25, 0.3) is 0 Å². The van der Waals surface area contributed by atoms with Gasteiger partial charge in [-0.05, 0) is 85.6 Å². The first-order valence-corrected chi connectivity index (χ1v) is 13.8. The Labute approximate surface area is 229 Å². The molecule has 1 saturated heterocycles. The second kappa shape index (κ2) is 11.8. The van der Waals surface area contributed by atoms with E-state index in [9.17, 15) is 8.78 Å². The van der Waals surface area contributed by atoms with Crippen LogP contribution in [0.1, 0.15) is 40.7 Å². The maximum Gasteiger partial charge on any atom is 0.141 e. The summed E-state index contributed by atoms with van der Waals surface area (Å²) in [5.41, 5.74) is 5.24. The molecule has 0 amide bonds. The molecule has 2 aliphatic rings. The molecule has 202 valence electrons. The summed E-state index contributed by atoms with van der Waals surface area (Å²) in [6.45, 7) is 7.09. The quantitative estimate of drug-likeness (QED) is 0.329. The highest BCUT2D eigenvalue weighted by Gasteiger charge is 2.41. The summed E-state index contributed by atoms with van der Waals surface area (Å²) in [6, 6.07) is 18.5. The van der Waals surface area contributed by atoms with Crippen LogP contribution in [-0.2, 0) is 30.0 Å². The zero-order chi connectivity index (χ0) is 26.7. The Hall–Kier alpha value is -2.35. The van der Waals surface area contributed by atoms with Gasteiger partial charge in [-0.3, -0.25) is 9.80 Å². The maximum atomic E-state index is 13.7. The molecule has 4 nitrogen and oxygen atoms in total. The predicted octanol–water partition coefficient (Wildman–Crippen LogP) is 6.05. The molecule has 5 rings (SSSR count). The Bertz CT molecular complexity index is 1240. The largest absolute Gasteiger partial charge is 0.361 e. The Morgan fingerprint density at radius 3 is 2.13 bits per heavy atom. The third-order valence-corrected chi connectivity index (χ3v) is 8.07. The summed E-state index contributed by atoms with van der Waals surface area (Å²) in [5, 5.41) is 0.183. The number of piperazine rings is 1. The van der Waals surface area contributed by atoms with Crippen LogP contribution >= 0.6 is 11.6 Å². The van der Waals surface area contributed by atoms with Crippen LogP contribution in [0.15, 0.2) is 60.7 Å². The van der Waals surface area contributed by atoms with Gasteiger partial charge in [-0.25, -0.2) is 8.78 Å². The molecule has 0 N–H and O–H groups in total. The smallest absolute Gasteiger partial charge is 0.141 e. The second-order valence-electron chi connectivity index (χ2n) is 10.8. The third kappa shape index (κ3) is 6.11. The maximum absolute atomic E-state index is 13.7. The number of nitrogens with zero attached hydrogens (tertiary/aromatic N) is 3. The normalized spacial score (nSPS) is 20.3. The van der Waals surface area contributed by atoms with Crippen molar-refractivity contribution in [3.05, 3.63) is 105 Å². The van der Waals surface area contributed by atoms with Crippen LogP contribution in [0.4, 0.5) is 8.78 Å². The highest BCUT2D eigenvalue weighted by Crippen LogP contribution is 2.45. The van der Waals surface area contributed by atoms with E-state index in [-0.39, 0.29) is 16.7 Å². The molecule has 2 heterocycles. The topological polar surface area (TPSA) is 19.0 Å². The van der Waals surface area contributed by atoms with E-state index in [0.717, 1.165) is 69.8 Å². The summed E-state index contributed by atoms with van der Waals surface area (Å²) in [7, 11) is 4.16. The van der Waals surface area contributed by atoms with Crippen molar-refractivity contribution in [1.29, 1.82) is 0 Å². The number of ether oxygens (including phenoxy) is 1. The number of halogens is 3. The number of fused-ring (bicyclic) bond motifs is 1. The molecular weight excluding hydrogens is 504 g/mol. The third-order valence-electron chi connectivity index (χ3n) is 7.78. The van der Waals surface area contributed by atoms with Crippen LogP contribution in [-0.4, -0.2) is 61.5 Å². The predicted molar refractivity (Wildman–Crippen MR) is 148 cm³/mol. The zero-order valence-electron chi connectivity index (χ0n) is 22.2. The molecule has 1 fully saturated rings. The van der Waals surface area contributed by atoms with Gasteiger partial charge in [0, 0.05) is 39.3 Å². The lowest BCUT2D eigenvalue weighted by Crippen LogP contribution is -2.45. The van der Waals surface area contributed by atoms with E-state index in [2.05, 4.69) is 47.0 Å². The van der Waals surface area contributed by atoms with E-state index in [4.69, 9.17) is 16.3 Å². The fraction of sp³-hybridized carbons (Fsp3) is 0.419. The van der Waals surface area contributed by atoms with Gasteiger partial charge in [-0.2, -0.15) is 0 Å². The average Bonchev–Trinajstić information content (AvgIpc) is 3.26. The summed E-state index contributed by atoms with van der Waals surface area (Å²) in [4.78, 5) is 7.06. The standard InChI is InChI=1S/C31H36ClF2N3O/c1-35(2)13-3-12-31(26-6-8-27(33)9-7-26)28-10-4-23(18-25(28)22-38-31)20-36-14-16-37(17-15-36)21-24-5-11-30(34)29(32)19-24/h4-11,18-19H,3,12-17,20-22H2,1-2H3. The highest BCUT2D eigenvalue weighted by atomic mass is 35.5. The molecule has 3 aromatic rings. The molecule has 0 spiro atoms. The SMILES string of the molecule is CN(C)CCCC1(c2ccc(F)cc2)OCc2cc(CN3CCN(Cc4ccc(F)c(Cl)c4)CC3)ccc21. The van der Waals surface area contributed by atoms with Gasteiger partial charge < -0.3 is 9.64 Å². The lowest BCUT2D eigenvalue weighted by Gasteiger charge is -2.35. The van der Waals surface area contributed by atoms with Crippen molar-refractivity contribution < 1.29 is 13.5 Å². The Morgan fingerprint density at radius 2 is 1.50 bits per heavy atom. The van der Waals surface area contributed by atoms with Gasteiger partial charge in [0.15, 0.2) is 0 Å². The monoisotopic (exact) mass is 539 g/mol. The Morgan fingerprint density at radius 1 is 0.868 bits per heavy atom. The van der Waals surface area contributed by atoms with Gasteiger partial charge in [-0.1, -0.05) is 48.0 Å². The highest BCUT2D eigenvalue weighted by molar-refractivity contribution is 6.30. The summed E-state index contributed by atoms with van der Waals surface area (Å²) in [5.74, 6) is -0.601. The van der Waals surface area contributed by atoms with Crippen molar-refractivity contribution in [3.8, 4) is 0 Å². The minimum Gasteiger partial charge on any atom is -0.361 e. The van der Waals surface area contributed by atoms with E-state index in [0.29, 0.717) is 6.61 Å². The molecule has 0 aromatic heterocycles. The van der Waals surface area contributed by atoms with Crippen LogP contribution in [0.3, 0.4) is 0 Å². The zero-order valence-corrected chi connectivity index (χ0v) is 23.0. The molecule has 0 aliphatic carbocycles. The summed E-state index contributed by atoms with van der Waals surface area (Å²) >= 11 is 5.95. The first kappa shape index (κ1) is 27.2. The summed E-state index contributed by atoms with van der Waals surface area (Å²) in [6.07, 6.45) is 1.84. The van der Waals surface area contributed by atoms with E-state index < -0.39 is 5.60 Å². The molecule has 2 aliphatic heterocycles. The van der Waals surface area contributed by atoms with Crippen molar-refractivity contribution in [3.63, 3.8) is 0 Å². The van der Waals surface area contributed by atoms with Crippen molar-refractivity contribution in [1.82, 2.24) is 14.7 Å². The number of rotatable bonds is 9. The minimum atomic E-state index is -0.535. The first-order chi connectivity index (χ1) is 18.3. The van der Waals surface area contributed by atoms with Gasteiger partial charge >= 0.3 is 0 Å². The Kier molecular flexibility index (Phi) is 8.46. The first-order valence-electron chi connectivity index (χ1n) is 13.4. The molecular formula is C31H36ClF2N3O.